The van der Waals surface area contributed by atoms with Crippen molar-refractivity contribution < 1.29 is 4.79 Å². The number of nitrogens with zero attached hydrogens (tertiary/aromatic N) is 2. The van der Waals surface area contributed by atoms with E-state index >= 15 is 0 Å². The molecule has 0 aliphatic heterocycles. The zero-order valence-electron chi connectivity index (χ0n) is 14.6. The second kappa shape index (κ2) is 9.04. The fraction of sp³-hybridized carbons (Fsp3) is 0.286. The lowest BCUT2D eigenvalue weighted by atomic mass is 10.0. The highest BCUT2D eigenvalue weighted by molar-refractivity contribution is 5.81. The molecule has 0 bridgehead atoms. The number of hydrogen-bond donors (Lipinski definition) is 0. The molecule has 1 amide bonds. The van der Waals surface area contributed by atoms with Crippen LogP contribution in [0, 0.1) is 0 Å². The van der Waals surface area contributed by atoms with E-state index in [2.05, 4.69) is 35.7 Å². The Hall–Kier alpha value is -2.39. The summed E-state index contributed by atoms with van der Waals surface area (Å²) in [6.45, 7) is 5.27. The molecule has 3 heteroatoms. The SMILES string of the molecule is C=CCN(Cc1ccccc1)[C@@H](Cc1ccccc1)C(=O)N(C)C. The molecule has 0 radical (unpaired) electrons. The summed E-state index contributed by atoms with van der Waals surface area (Å²) >= 11 is 0. The van der Waals surface area contributed by atoms with Crippen molar-refractivity contribution in [2.24, 2.45) is 0 Å². The summed E-state index contributed by atoms with van der Waals surface area (Å²) in [5, 5.41) is 0. The third-order valence-electron chi connectivity index (χ3n) is 4.03. The van der Waals surface area contributed by atoms with Crippen LogP contribution in [0.1, 0.15) is 11.1 Å². The van der Waals surface area contributed by atoms with Crippen molar-refractivity contribution in [3.63, 3.8) is 0 Å². The number of carbonyl (C=O) groups is 1. The first-order valence-electron chi connectivity index (χ1n) is 8.25. The van der Waals surface area contributed by atoms with Gasteiger partial charge in [-0.3, -0.25) is 9.69 Å². The summed E-state index contributed by atoms with van der Waals surface area (Å²) in [6.07, 6.45) is 2.56. The topological polar surface area (TPSA) is 23.6 Å². The molecule has 1 atom stereocenters. The second-order valence-electron chi connectivity index (χ2n) is 6.14. The highest BCUT2D eigenvalue weighted by atomic mass is 16.2. The van der Waals surface area contributed by atoms with Gasteiger partial charge >= 0.3 is 0 Å². The summed E-state index contributed by atoms with van der Waals surface area (Å²) in [6, 6.07) is 20.2. The zero-order chi connectivity index (χ0) is 17.4. The number of hydrogen-bond acceptors (Lipinski definition) is 2. The highest BCUT2D eigenvalue weighted by Crippen LogP contribution is 2.15. The minimum absolute atomic E-state index is 0.122. The molecule has 126 valence electrons. The number of likely N-dealkylation sites (N-methyl/N-ethyl adjacent to an activating group) is 1. The molecular formula is C21H26N2O. The first-order chi connectivity index (χ1) is 11.6. The molecule has 0 fully saturated rings. The maximum Gasteiger partial charge on any atom is 0.239 e. The van der Waals surface area contributed by atoms with Crippen LogP contribution in [0.25, 0.3) is 0 Å². The van der Waals surface area contributed by atoms with Crippen molar-refractivity contribution in [2.45, 2.75) is 19.0 Å². The van der Waals surface area contributed by atoms with Crippen LogP contribution in [0.5, 0.6) is 0 Å². The summed E-state index contributed by atoms with van der Waals surface area (Å²) < 4.78 is 0. The first kappa shape index (κ1) is 18.0. The molecule has 0 aliphatic carbocycles. The van der Waals surface area contributed by atoms with Crippen molar-refractivity contribution >= 4 is 5.91 Å². The van der Waals surface area contributed by atoms with Crippen LogP contribution in [0.4, 0.5) is 0 Å². The van der Waals surface area contributed by atoms with E-state index in [4.69, 9.17) is 0 Å². The molecule has 0 spiro atoms. The van der Waals surface area contributed by atoms with Gasteiger partial charge in [0.25, 0.3) is 0 Å². The van der Waals surface area contributed by atoms with Gasteiger partial charge in [-0.1, -0.05) is 66.7 Å². The van der Waals surface area contributed by atoms with Crippen molar-refractivity contribution in [2.75, 3.05) is 20.6 Å². The Kier molecular flexibility index (Phi) is 6.76. The van der Waals surface area contributed by atoms with Gasteiger partial charge in [0, 0.05) is 27.2 Å². The average molecular weight is 322 g/mol. The normalized spacial score (nSPS) is 12.0. The number of carbonyl (C=O) groups excluding carboxylic acids is 1. The van der Waals surface area contributed by atoms with Gasteiger partial charge in [-0.2, -0.15) is 0 Å². The van der Waals surface area contributed by atoms with E-state index in [-0.39, 0.29) is 11.9 Å². The van der Waals surface area contributed by atoms with E-state index in [9.17, 15) is 4.79 Å². The molecule has 0 N–H and O–H groups in total. The van der Waals surface area contributed by atoms with Gasteiger partial charge in [-0.15, -0.1) is 6.58 Å². The predicted molar refractivity (Wildman–Crippen MR) is 99.7 cm³/mol. The van der Waals surface area contributed by atoms with Crippen LogP contribution in [0.3, 0.4) is 0 Å². The Balaban J connectivity index is 2.26. The molecule has 24 heavy (non-hydrogen) atoms. The van der Waals surface area contributed by atoms with E-state index in [0.717, 1.165) is 6.54 Å². The molecule has 3 nitrogen and oxygen atoms in total. The smallest absolute Gasteiger partial charge is 0.239 e. The number of benzene rings is 2. The molecule has 0 heterocycles. The summed E-state index contributed by atoms with van der Waals surface area (Å²) in [5.41, 5.74) is 2.36. The standard InChI is InChI=1S/C21H26N2O/c1-4-15-23(17-19-13-9-6-10-14-19)20(21(24)22(2)3)16-18-11-7-5-8-12-18/h4-14,20H,1,15-17H2,2-3H3/t20-/m0/s1. The summed E-state index contributed by atoms with van der Waals surface area (Å²) in [7, 11) is 3.63. The van der Waals surface area contributed by atoms with Crippen LogP contribution >= 0.6 is 0 Å². The van der Waals surface area contributed by atoms with E-state index in [1.54, 1.807) is 4.90 Å². The average Bonchev–Trinajstić information content (AvgIpc) is 2.60. The molecule has 0 saturated heterocycles. The minimum Gasteiger partial charge on any atom is -0.347 e. The van der Waals surface area contributed by atoms with Gasteiger partial charge in [-0.25, -0.2) is 0 Å². The molecular weight excluding hydrogens is 296 g/mol. The fourth-order valence-corrected chi connectivity index (χ4v) is 2.79. The highest BCUT2D eigenvalue weighted by Gasteiger charge is 2.27. The number of amides is 1. The third kappa shape index (κ3) is 5.07. The number of rotatable bonds is 8. The molecule has 0 aromatic heterocycles. The maximum atomic E-state index is 12.8. The third-order valence-corrected chi connectivity index (χ3v) is 4.03. The van der Waals surface area contributed by atoms with Crippen LogP contribution < -0.4 is 0 Å². The molecule has 0 saturated carbocycles. The quantitative estimate of drug-likeness (QED) is 0.696. The lowest BCUT2D eigenvalue weighted by Gasteiger charge is -2.32. The van der Waals surface area contributed by atoms with Crippen LogP contribution in [0.2, 0.25) is 0 Å². The van der Waals surface area contributed by atoms with Gasteiger partial charge in [0.2, 0.25) is 5.91 Å². The summed E-state index contributed by atoms with van der Waals surface area (Å²) in [4.78, 5) is 16.7. The van der Waals surface area contributed by atoms with Crippen LogP contribution in [-0.2, 0) is 17.8 Å². The minimum atomic E-state index is -0.208. The zero-order valence-corrected chi connectivity index (χ0v) is 14.6. The Bertz CT molecular complexity index is 637. The van der Waals surface area contributed by atoms with Crippen LogP contribution in [0.15, 0.2) is 73.3 Å². The van der Waals surface area contributed by atoms with E-state index in [1.807, 2.05) is 56.6 Å². The lowest BCUT2D eigenvalue weighted by Crippen LogP contribution is -2.47. The second-order valence-corrected chi connectivity index (χ2v) is 6.14. The largest absolute Gasteiger partial charge is 0.347 e. The van der Waals surface area contributed by atoms with Crippen molar-refractivity contribution in [3.05, 3.63) is 84.4 Å². The predicted octanol–water partition coefficient (Wildman–Crippen LogP) is 3.37. The van der Waals surface area contributed by atoms with Crippen LogP contribution in [-0.4, -0.2) is 42.4 Å². The van der Waals surface area contributed by atoms with Crippen molar-refractivity contribution in [1.29, 1.82) is 0 Å². The van der Waals surface area contributed by atoms with Gasteiger partial charge < -0.3 is 4.90 Å². The Morgan fingerprint density at radius 1 is 1.00 bits per heavy atom. The summed E-state index contributed by atoms with van der Waals surface area (Å²) in [5.74, 6) is 0.122. The van der Waals surface area contributed by atoms with E-state index < -0.39 is 0 Å². The van der Waals surface area contributed by atoms with Gasteiger partial charge in [0.1, 0.15) is 0 Å². The van der Waals surface area contributed by atoms with Crippen molar-refractivity contribution in [1.82, 2.24) is 9.80 Å². The Labute approximate surface area is 145 Å². The first-order valence-corrected chi connectivity index (χ1v) is 8.25. The fourth-order valence-electron chi connectivity index (χ4n) is 2.79. The molecule has 0 aliphatic rings. The molecule has 2 aromatic carbocycles. The Morgan fingerprint density at radius 3 is 2.04 bits per heavy atom. The van der Waals surface area contributed by atoms with E-state index in [0.29, 0.717) is 13.0 Å². The van der Waals surface area contributed by atoms with Crippen molar-refractivity contribution in [3.8, 4) is 0 Å². The molecule has 2 rings (SSSR count). The lowest BCUT2D eigenvalue weighted by molar-refractivity contribution is -0.134. The molecule has 2 aromatic rings. The monoisotopic (exact) mass is 322 g/mol. The van der Waals surface area contributed by atoms with Gasteiger partial charge in [0.05, 0.1) is 6.04 Å². The molecule has 0 unspecified atom stereocenters. The van der Waals surface area contributed by atoms with Gasteiger partial charge in [-0.05, 0) is 17.5 Å². The van der Waals surface area contributed by atoms with Gasteiger partial charge in [0.15, 0.2) is 0 Å². The van der Waals surface area contributed by atoms with E-state index in [1.165, 1.54) is 11.1 Å². The Morgan fingerprint density at radius 2 is 1.54 bits per heavy atom. The maximum absolute atomic E-state index is 12.8.